The van der Waals surface area contributed by atoms with E-state index in [9.17, 15) is 14.7 Å². The molecule has 5 heteroatoms. The molecule has 1 amide bonds. The van der Waals surface area contributed by atoms with Crippen molar-refractivity contribution in [3.63, 3.8) is 0 Å². The molecule has 5 nitrogen and oxygen atoms in total. The molecule has 1 fully saturated rings. The molecule has 1 atom stereocenters. The Morgan fingerprint density at radius 3 is 2.58 bits per heavy atom. The van der Waals surface area contributed by atoms with Gasteiger partial charge in [0.05, 0.1) is 0 Å². The van der Waals surface area contributed by atoms with Crippen LogP contribution in [0.3, 0.4) is 0 Å². The van der Waals surface area contributed by atoms with Gasteiger partial charge in [0.1, 0.15) is 5.41 Å². The largest absolute Gasteiger partial charge is 0.480 e. The molecule has 2 N–H and O–H groups in total. The smallest absolute Gasteiger partial charge is 0.318 e. The van der Waals surface area contributed by atoms with Gasteiger partial charge in [0.15, 0.2) is 0 Å². The van der Waals surface area contributed by atoms with Crippen LogP contribution in [0.4, 0.5) is 0 Å². The summed E-state index contributed by atoms with van der Waals surface area (Å²) in [5, 5.41) is 12.1. The Labute approximate surface area is 112 Å². The average molecular weight is 262 g/mol. The zero-order chi connectivity index (χ0) is 13.9. The van der Waals surface area contributed by atoms with E-state index in [1.165, 1.54) is 6.92 Å². The number of carboxylic acids is 1. The van der Waals surface area contributed by atoms with E-state index in [-0.39, 0.29) is 18.4 Å². The van der Waals surface area contributed by atoms with E-state index >= 15 is 0 Å². The maximum Gasteiger partial charge on any atom is 0.318 e. The third-order valence-corrected chi connectivity index (χ3v) is 3.55. The van der Waals surface area contributed by atoms with Crippen molar-refractivity contribution in [2.75, 3.05) is 0 Å². The van der Waals surface area contributed by atoms with Gasteiger partial charge in [-0.1, -0.05) is 0 Å². The van der Waals surface area contributed by atoms with E-state index in [0.717, 1.165) is 18.4 Å². The first-order valence-electron chi connectivity index (χ1n) is 6.45. The summed E-state index contributed by atoms with van der Waals surface area (Å²) in [6.45, 7) is 1.49. The van der Waals surface area contributed by atoms with Gasteiger partial charge in [0.2, 0.25) is 5.91 Å². The summed E-state index contributed by atoms with van der Waals surface area (Å²) in [6, 6.07) is 3.84. The fourth-order valence-corrected chi connectivity index (χ4v) is 1.83. The number of hydrogen-bond acceptors (Lipinski definition) is 3. The van der Waals surface area contributed by atoms with Gasteiger partial charge in [-0.25, -0.2) is 0 Å². The van der Waals surface area contributed by atoms with E-state index in [2.05, 4.69) is 10.3 Å². The number of carbonyl (C=O) groups excluding carboxylic acids is 1. The van der Waals surface area contributed by atoms with E-state index in [1.807, 2.05) is 12.1 Å². The number of carboxylic acid groups (broad SMARTS) is 1. The highest BCUT2D eigenvalue weighted by molar-refractivity contribution is 6.01. The van der Waals surface area contributed by atoms with Crippen LogP contribution in [0.5, 0.6) is 0 Å². The molecule has 1 aliphatic carbocycles. The number of aliphatic carboxylic acids is 1. The predicted molar refractivity (Wildman–Crippen MR) is 69.5 cm³/mol. The average Bonchev–Trinajstić information content (AvgIpc) is 3.20. The lowest BCUT2D eigenvalue weighted by Crippen LogP contribution is -2.45. The van der Waals surface area contributed by atoms with Crippen LogP contribution in [-0.4, -0.2) is 28.0 Å². The lowest BCUT2D eigenvalue weighted by molar-refractivity contribution is -0.155. The van der Waals surface area contributed by atoms with Crippen LogP contribution in [0.25, 0.3) is 0 Å². The van der Waals surface area contributed by atoms with Gasteiger partial charge < -0.3 is 10.4 Å². The van der Waals surface area contributed by atoms with Gasteiger partial charge in [-0.3, -0.25) is 14.6 Å². The summed E-state index contributed by atoms with van der Waals surface area (Å²) >= 11 is 0. The van der Waals surface area contributed by atoms with Crippen molar-refractivity contribution in [1.82, 2.24) is 10.3 Å². The number of amides is 1. The minimum absolute atomic E-state index is 0.173. The third-order valence-electron chi connectivity index (χ3n) is 3.55. The molecule has 0 saturated heterocycles. The Kier molecular flexibility index (Phi) is 3.83. The topological polar surface area (TPSA) is 79.3 Å². The molecule has 19 heavy (non-hydrogen) atoms. The molecule has 0 radical (unpaired) electrons. The quantitative estimate of drug-likeness (QED) is 0.759. The number of aromatic nitrogens is 1. The molecule has 1 aliphatic rings. The van der Waals surface area contributed by atoms with Crippen LogP contribution in [-0.2, 0) is 16.0 Å². The van der Waals surface area contributed by atoms with Crippen LogP contribution in [0.2, 0.25) is 0 Å². The number of aryl methyl sites for hydroxylation is 1. The number of nitrogens with zero attached hydrogens (tertiary/aromatic N) is 1. The highest BCUT2D eigenvalue weighted by Crippen LogP contribution is 2.27. The molecule has 1 aromatic heterocycles. The standard InChI is InChI=1S/C14H18N2O3/c1-14(13(18)19,12(17)16-11-2-3-11)7-4-10-5-8-15-9-6-10/h5-6,8-9,11H,2-4,7H2,1H3,(H,16,17)(H,18,19). The second-order valence-corrected chi connectivity index (χ2v) is 5.24. The molecule has 0 aliphatic heterocycles. The maximum atomic E-state index is 12.1. The first-order chi connectivity index (χ1) is 9.02. The van der Waals surface area contributed by atoms with Crippen LogP contribution in [0, 0.1) is 5.41 Å². The lowest BCUT2D eigenvalue weighted by atomic mass is 9.83. The maximum absolute atomic E-state index is 12.1. The Hall–Kier alpha value is -1.91. The van der Waals surface area contributed by atoms with Crippen molar-refractivity contribution in [2.24, 2.45) is 5.41 Å². The van der Waals surface area contributed by atoms with Crippen LogP contribution >= 0.6 is 0 Å². The molecule has 0 bridgehead atoms. The number of pyridine rings is 1. The van der Waals surface area contributed by atoms with Gasteiger partial charge >= 0.3 is 5.97 Å². The third kappa shape index (κ3) is 3.30. The molecule has 0 spiro atoms. The molecule has 0 aromatic carbocycles. The molecule has 1 unspecified atom stereocenters. The highest BCUT2D eigenvalue weighted by atomic mass is 16.4. The number of rotatable bonds is 6. The SMILES string of the molecule is CC(CCc1ccncc1)(C(=O)O)C(=O)NC1CC1. The molecule has 2 rings (SSSR count). The highest BCUT2D eigenvalue weighted by Gasteiger charge is 2.42. The van der Waals surface area contributed by atoms with E-state index in [0.29, 0.717) is 6.42 Å². The summed E-state index contributed by atoms with van der Waals surface area (Å²) < 4.78 is 0. The lowest BCUT2D eigenvalue weighted by Gasteiger charge is -2.23. The van der Waals surface area contributed by atoms with Crippen molar-refractivity contribution in [2.45, 2.75) is 38.6 Å². The van der Waals surface area contributed by atoms with Crippen LogP contribution in [0.15, 0.2) is 24.5 Å². The Balaban J connectivity index is 2.01. The molecule has 102 valence electrons. The predicted octanol–water partition coefficient (Wildman–Crippen LogP) is 1.38. The van der Waals surface area contributed by atoms with Crippen molar-refractivity contribution in [3.8, 4) is 0 Å². The van der Waals surface area contributed by atoms with Crippen molar-refractivity contribution in [1.29, 1.82) is 0 Å². The summed E-state index contributed by atoms with van der Waals surface area (Å²) in [7, 11) is 0. The molecule has 1 saturated carbocycles. The van der Waals surface area contributed by atoms with Gasteiger partial charge in [-0.15, -0.1) is 0 Å². The Morgan fingerprint density at radius 1 is 1.42 bits per heavy atom. The fraction of sp³-hybridized carbons (Fsp3) is 0.500. The van der Waals surface area contributed by atoms with Crippen molar-refractivity contribution >= 4 is 11.9 Å². The molecule has 1 heterocycles. The second kappa shape index (κ2) is 5.38. The van der Waals surface area contributed by atoms with Gasteiger partial charge in [-0.05, 0) is 50.3 Å². The first kappa shape index (κ1) is 13.5. The Bertz CT molecular complexity index is 471. The van der Waals surface area contributed by atoms with Crippen molar-refractivity contribution < 1.29 is 14.7 Å². The van der Waals surface area contributed by atoms with E-state index in [1.54, 1.807) is 12.4 Å². The van der Waals surface area contributed by atoms with Crippen LogP contribution in [0.1, 0.15) is 31.7 Å². The minimum Gasteiger partial charge on any atom is -0.480 e. The van der Waals surface area contributed by atoms with E-state index < -0.39 is 11.4 Å². The summed E-state index contributed by atoms with van der Waals surface area (Å²) in [5.41, 5.74) is -0.382. The first-order valence-corrected chi connectivity index (χ1v) is 6.45. The van der Waals surface area contributed by atoms with Crippen LogP contribution < -0.4 is 5.32 Å². The van der Waals surface area contributed by atoms with Gasteiger partial charge in [0, 0.05) is 18.4 Å². The zero-order valence-corrected chi connectivity index (χ0v) is 10.9. The molecular weight excluding hydrogens is 244 g/mol. The van der Waals surface area contributed by atoms with Crippen molar-refractivity contribution in [3.05, 3.63) is 30.1 Å². The number of nitrogens with one attached hydrogen (secondary N) is 1. The number of carbonyl (C=O) groups is 2. The zero-order valence-electron chi connectivity index (χ0n) is 10.9. The summed E-state index contributed by atoms with van der Waals surface area (Å²) in [5.74, 6) is -1.45. The molecular formula is C14H18N2O3. The van der Waals surface area contributed by atoms with Gasteiger partial charge in [0.25, 0.3) is 0 Å². The number of hydrogen-bond donors (Lipinski definition) is 2. The fourth-order valence-electron chi connectivity index (χ4n) is 1.83. The minimum atomic E-state index is -1.37. The monoisotopic (exact) mass is 262 g/mol. The van der Waals surface area contributed by atoms with Gasteiger partial charge in [-0.2, -0.15) is 0 Å². The summed E-state index contributed by atoms with van der Waals surface area (Å²) in [6.07, 6.45) is 6.06. The Morgan fingerprint density at radius 2 is 2.05 bits per heavy atom. The normalized spacial score (nSPS) is 17.5. The summed E-state index contributed by atoms with van der Waals surface area (Å²) in [4.78, 5) is 27.4. The second-order valence-electron chi connectivity index (χ2n) is 5.24. The molecule has 1 aromatic rings. The van der Waals surface area contributed by atoms with E-state index in [4.69, 9.17) is 0 Å².